The van der Waals surface area contributed by atoms with Gasteiger partial charge in [0.1, 0.15) is 0 Å². The van der Waals surface area contributed by atoms with Crippen molar-refractivity contribution < 1.29 is 14.1 Å². The van der Waals surface area contributed by atoms with E-state index in [0.717, 1.165) is 11.1 Å². The molecule has 8 heteroatoms. The third kappa shape index (κ3) is 5.01. The lowest BCUT2D eigenvalue weighted by molar-refractivity contribution is 0.102. The minimum absolute atomic E-state index is 0.239. The minimum Gasteiger partial charge on any atom is -0.338 e. The van der Waals surface area contributed by atoms with Crippen molar-refractivity contribution in [1.82, 2.24) is 15.1 Å². The number of pyridine rings is 1. The van der Waals surface area contributed by atoms with E-state index in [2.05, 4.69) is 25.8 Å². The highest BCUT2D eigenvalue weighted by Crippen LogP contribution is 2.26. The smallest absolute Gasteiger partial charge is 0.257 e. The summed E-state index contributed by atoms with van der Waals surface area (Å²) >= 11 is 0. The first-order chi connectivity index (χ1) is 16.2. The first kappa shape index (κ1) is 22.8. The van der Waals surface area contributed by atoms with Crippen LogP contribution in [0.25, 0.3) is 11.4 Å². The van der Waals surface area contributed by atoms with Gasteiger partial charge in [-0.2, -0.15) is 4.98 Å². The van der Waals surface area contributed by atoms with Gasteiger partial charge in [0.2, 0.25) is 11.7 Å². The summed E-state index contributed by atoms with van der Waals surface area (Å²) in [5.41, 5.74) is 3.18. The SMILES string of the molecule is Cc1cccc(C(=O)Nc2ccc(-c3noc(C(C)(C)C)n3)cc2)c1NC(=O)c1ccncc1. The molecular formula is C26H25N5O3. The van der Waals surface area contributed by atoms with Gasteiger partial charge in [-0.15, -0.1) is 0 Å². The van der Waals surface area contributed by atoms with Crippen molar-refractivity contribution in [3.05, 3.63) is 89.6 Å². The maximum Gasteiger partial charge on any atom is 0.257 e. The van der Waals surface area contributed by atoms with Crippen LogP contribution in [0.3, 0.4) is 0 Å². The third-order valence-corrected chi connectivity index (χ3v) is 5.17. The monoisotopic (exact) mass is 455 g/mol. The molecule has 0 radical (unpaired) electrons. The second kappa shape index (κ2) is 9.27. The predicted octanol–water partition coefficient (Wildman–Crippen LogP) is 5.24. The van der Waals surface area contributed by atoms with E-state index in [9.17, 15) is 9.59 Å². The summed E-state index contributed by atoms with van der Waals surface area (Å²) in [6, 6.07) is 15.7. The number of para-hydroxylation sites is 1. The van der Waals surface area contributed by atoms with Crippen LogP contribution < -0.4 is 10.6 Å². The van der Waals surface area contributed by atoms with Gasteiger partial charge < -0.3 is 15.2 Å². The fraction of sp³-hybridized carbons (Fsp3) is 0.192. The highest BCUT2D eigenvalue weighted by molar-refractivity contribution is 6.13. The number of aryl methyl sites for hydroxylation is 1. The molecule has 0 aliphatic rings. The number of nitrogens with one attached hydrogen (secondary N) is 2. The van der Waals surface area contributed by atoms with E-state index in [1.807, 2.05) is 45.9 Å². The summed E-state index contributed by atoms with van der Waals surface area (Å²) in [6.45, 7) is 7.84. The average molecular weight is 456 g/mol. The molecular weight excluding hydrogens is 430 g/mol. The molecule has 0 fully saturated rings. The van der Waals surface area contributed by atoms with Crippen molar-refractivity contribution in [2.24, 2.45) is 0 Å². The van der Waals surface area contributed by atoms with Crippen LogP contribution in [0.2, 0.25) is 0 Å². The highest BCUT2D eigenvalue weighted by Gasteiger charge is 2.22. The van der Waals surface area contributed by atoms with Crippen LogP contribution in [0.4, 0.5) is 11.4 Å². The molecule has 0 aliphatic heterocycles. The molecule has 8 nitrogen and oxygen atoms in total. The molecule has 2 aromatic heterocycles. The Hall–Kier alpha value is -4.33. The number of carbonyl (C=O) groups excluding carboxylic acids is 2. The number of amides is 2. The quantitative estimate of drug-likeness (QED) is 0.426. The number of hydrogen-bond acceptors (Lipinski definition) is 6. The van der Waals surface area contributed by atoms with E-state index in [1.165, 1.54) is 0 Å². The zero-order valence-corrected chi connectivity index (χ0v) is 19.4. The lowest BCUT2D eigenvalue weighted by Gasteiger charge is -2.14. The maximum absolute atomic E-state index is 13.1. The van der Waals surface area contributed by atoms with Crippen molar-refractivity contribution in [3.63, 3.8) is 0 Å². The fourth-order valence-corrected chi connectivity index (χ4v) is 3.26. The Balaban J connectivity index is 1.51. The molecule has 0 aliphatic carbocycles. The topological polar surface area (TPSA) is 110 Å². The first-order valence-electron chi connectivity index (χ1n) is 10.8. The van der Waals surface area contributed by atoms with Crippen LogP contribution in [0, 0.1) is 6.92 Å². The van der Waals surface area contributed by atoms with Gasteiger partial charge in [-0.1, -0.05) is 38.1 Å². The molecule has 2 N–H and O–H groups in total. The fourth-order valence-electron chi connectivity index (χ4n) is 3.26. The molecule has 0 bridgehead atoms. The van der Waals surface area contributed by atoms with Gasteiger partial charge in [0, 0.05) is 34.6 Å². The van der Waals surface area contributed by atoms with E-state index >= 15 is 0 Å². The molecule has 4 rings (SSSR count). The highest BCUT2D eigenvalue weighted by atomic mass is 16.5. The molecule has 4 aromatic rings. The number of rotatable bonds is 5. The molecule has 0 atom stereocenters. The summed E-state index contributed by atoms with van der Waals surface area (Å²) in [4.78, 5) is 34.1. The van der Waals surface area contributed by atoms with Crippen molar-refractivity contribution in [2.45, 2.75) is 33.1 Å². The Morgan fingerprint density at radius 1 is 0.882 bits per heavy atom. The number of anilines is 2. The van der Waals surface area contributed by atoms with Gasteiger partial charge in [-0.3, -0.25) is 14.6 Å². The summed E-state index contributed by atoms with van der Waals surface area (Å²) in [7, 11) is 0. The number of aromatic nitrogens is 3. The molecule has 0 saturated carbocycles. The van der Waals surface area contributed by atoms with Gasteiger partial charge in [-0.05, 0) is 55.0 Å². The zero-order chi connectivity index (χ0) is 24.3. The van der Waals surface area contributed by atoms with Crippen LogP contribution in [-0.4, -0.2) is 26.9 Å². The van der Waals surface area contributed by atoms with Gasteiger partial charge >= 0.3 is 0 Å². The molecule has 2 heterocycles. The summed E-state index contributed by atoms with van der Waals surface area (Å²) in [6.07, 6.45) is 3.09. The Kier molecular flexibility index (Phi) is 6.23. The Labute approximate surface area is 197 Å². The summed E-state index contributed by atoms with van der Waals surface area (Å²) in [5.74, 6) is 0.393. The lowest BCUT2D eigenvalue weighted by Crippen LogP contribution is -2.19. The third-order valence-electron chi connectivity index (χ3n) is 5.17. The van der Waals surface area contributed by atoms with E-state index in [-0.39, 0.29) is 17.2 Å². The van der Waals surface area contributed by atoms with E-state index in [1.54, 1.807) is 48.8 Å². The standard InChI is InChI=1S/C26H25N5O3/c1-16-6-5-7-20(21(16)29-23(32)18-12-14-27-15-13-18)24(33)28-19-10-8-17(9-11-19)22-30-25(34-31-22)26(2,3)4/h5-15H,1-4H3,(H,28,33)(H,29,32). The Bertz CT molecular complexity index is 1320. The second-order valence-corrected chi connectivity index (χ2v) is 8.89. The second-order valence-electron chi connectivity index (χ2n) is 8.89. The number of benzene rings is 2. The average Bonchev–Trinajstić information content (AvgIpc) is 3.32. The van der Waals surface area contributed by atoms with Crippen LogP contribution in [0.1, 0.15) is 52.9 Å². The van der Waals surface area contributed by atoms with Crippen LogP contribution in [-0.2, 0) is 5.41 Å². The van der Waals surface area contributed by atoms with Crippen molar-refractivity contribution >= 4 is 23.2 Å². The molecule has 2 aromatic carbocycles. The van der Waals surface area contributed by atoms with E-state index < -0.39 is 0 Å². The summed E-state index contributed by atoms with van der Waals surface area (Å²) in [5, 5.41) is 9.78. The first-order valence-corrected chi connectivity index (χ1v) is 10.8. The summed E-state index contributed by atoms with van der Waals surface area (Å²) < 4.78 is 5.36. The minimum atomic E-state index is -0.337. The normalized spacial score (nSPS) is 11.2. The van der Waals surface area contributed by atoms with Crippen LogP contribution in [0.15, 0.2) is 71.5 Å². The van der Waals surface area contributed by atoms with Crippen LogP contribution in [0.5, 0.6) is 0 Å². The Morgan fingerprint density at radius 3 is 2.24 bits per heavy atom. The molecule has 0 unspecified atom stereocenters. The van der Waals surface area contributed by atoms with Crippen molar-refractivity contribution in [3.8, 4) is 11.4 Å². The van der Waals surface area contributed by atoms with Gasteiger partial charge in [0.05, 0.1) is 11.3 Å². The predicted molar refractivity (Wildman–Crippen MR) is 130 cm³/mol. The number of hydrogen-bond donors (Lipinski definition) is 2. The van der Waals surface area contributed by atoms with E-state index in [4.69, 9.17) is 4.52 Å². The molecule has 172 valence electrons. The largest absolute Gasteiger partial charge is 0.338 e. The van der Waals surface area contributed by atoms with Gasteiger partial charge in [-0.25, -0.2) is 0 Å². The van der Waals surface area contributed by atoms with Crippen molar-refractivity contribution in [2.75, 3.05) is 10.6 Å². The van der Waals surface area contributed by atoms with Gasteiger partial charge in [0.25, 0.3) is 11.8 Å². The number of carbonyl (C=O) groups is 2. The number of nitrogens with zero attached hydrogens (tertiary/aromatic N) is 3. The maximum atomic E-state index is 13.1. The Morgan fingerprint density at radius 2 is 1.59 bits per heavy atom. The molecule has 2 amide bonds. The molecule has 34 heavy (non-hydrogen) atoms. The zero-order valence-electron chi connectivity index (χ0n) is 19.4. The van der Waals surface area contributed by atoms with Crippen LogP contribution >= 0.6 is 0 Å². The lowest BCUT2D eigenvalue weighted by atomic mass is 9.97. The van der Waals surface area contributed by atoms with E-state index in [0.29, 0.717) is 34.2 Å². The van der Waals surface area contributed by atoms with Crippen molar-refractivity contribution in [1.29, 1.82) is 0 Å². The molecule has 0 spiro atoms. The van der Waals surface area contributed by atoms with Gasteiger partial charge in [0.15, 0.2) is 0 Å². The molecule has 0 saturated heterocycles.